The Balaban J connectivity index is 1.50. The third-order valence-electron chi connectivity index (χ3n) is 6.85. The van der Waals surface area contributed by atoms with Gasteiger partial charge in [-0.1, -0.05) is 12.1 Å². The number of halogens is 2. The van der Waals surface area contributed by atoms with E-state index >= 15 is 0 Å². The highest BCUT2D eigenvalue weighted by Gasteiger charge is 2.28. The number of amides is 1. The lowest BCUT2D eigenvalue weighted by molar-refractivity contribution is 0.0980. The number of aromatic nitrogens is 4. The number of fused-ring (bicyclic) bond motifs is 1. The lowest BCUT2D eigenvalue weighted by atomic mass is 9.95. The molecule has 0 aliphatic carbocycles. The van der Waals surface area contributed by atoms with Gasteiger partial charge in [0.1, 0.15) is 6.54 Å². The maximum absolute atomic E-state index is 13.5. The lowest BCUT2D eigenvalue weighted by Gasteiger charge is -2.31. The quantitative estimate of drug-likeness (QED) is 0.347. The number of aryl methyl sites for hydroxylation is 1. The predicted octanol–water partition coefficient (Wildman–Crippen LogP) is 3.41. The van der Waals surface area contributed by atoms with E-state index in [0.29, 0.717) is 46.7 Å². The second-order valence-corrected chi connectivity index (χ2v) is 9.76. The Morgan fingerprint density at radius 2 is 1.93 bits per heavy atom. The summed E-state index contributed by atoms with van der Waals surface area (Å²) in [7, 11) is 5.47. The Bertz CT molecular complexity index is 1630. The van der Waals surface area contributed by atoms with Crippen molar-refractivity contribution < 1.29 is 18.7 Å². The van der Waals surface area contributed by atoms with Crippen LogP contribution in [0.3, 0.4) is 0 Å². The molecule has 40 heavy (non-hydrogen) atoms. The Morgan fingerprint density at radius 3 is 2.65 bits per heavy atom. The average Bonchev–Trinajstić information content (AvgIpc) is 3.36. The van der Waals surface area contributed by atoms with Crippen molar-refractivity contribution in [2.45, 2.75) is 26.0 Å². The Kier molecular flexibility index (Phi) is 7.35. The molecular weight excluding hydrogens is 520 g/mol. The number of aliphatic hydroxyl groups is 1. The molecule has 0 saturated carbocycles. The summed E-state index contributed by atoms with van der Waals surface area (Å²) in [5.74, 6) is -0.194. The smallest absolute Gasteiger partial charge is 0.293 e. The van der Waals surface area contributed by atoms with E-state index in [0.717, 1.165) is 15.9 Å². The standard InChI is InChI=1S/C28H29F2N7O3/c1-34(2)19-7-8-20-17(11-19)9-10-37(27(20)39)24-6-4-5-21(22(24)16-38)23-14-35(3)28(40)26(33-23)32-18-12-31-36(13-18)15-25(29)30/h4-8,11-14,25,38H,9-10,15-16H2,1-3H3,(H,32,33). The van der Waals surface area contributed by atoms with E-state index in [1.54, 1.807) is 36.3 Å². The molecule has 2 N–H and O–H groups in total. The number of anilines is 4. The molecule has 0 fully saturated rings. The second kappa shape index (κ2) is 10.9. The predicted molar refractivity (Wildman–Crippen MR) is 148 cm³/mol. The van der Waals surface area contributed by atoms with E-state index in [4.69, 9.17) is 0 Å². The van der Waals surface area contributed by atoms with Crippen LogP contribution in [0, 0.1) is 0 Å². The molecule has 1 aliphatic heterocycles. The van der Waals surface area contributed by atoms with Crippen LogP contribution in [0.1, 0.15) is 21.5 Å². The highest BCUT2D eigenvalue weighted by molar-refractivity contribution is 6.09. The maximum Gasteiger partial charge on any atom is 0.293 e. The Hall–Kier alpha value is -4.58. The minimum absolute atomic E-state index is 0.0365. The number of hydrogen-bond acceptors (Lipinski definition) is 7. The molecule has 0 unspecified atom stereocenters. The molecule has 0 bridgehead atoms. The fourth-order valence-corrected chi connectivity index (χ4v) is 4.84. The van der Waals surface area contributed by atoms with Gasteiger partial charge >= 0.3 is 0 Å². The van der Waals surface area contributed by atoms with Gasteiger partial charge in [0.2, 0.25) is 0 Å². The van der Waals surface area contributed by atoms with Crippen molar-refractivity contribution in [3.05, 3.63) is 82.0 Å². The molecule has 2 aromatic carbocycles. The normalized spacial score (nSPS) is 13.1. The monoisotopic (exact) mass is 549 g/mol. The van der Waals surface area contributed by atoms with Crippen molar-refractivity contribution in [1.29, 1.82) is 0 Å². The highest BCUT2D eigenvalue weighted by Crippen LogP contribution is 2.34. The molecule has 5 rings (SSSR count). The van der Waals surface area contributed by atoms with Crippen molar-refractivity contribution in [2.24, 2.45) is 7.05 Å². The summed E-state index contributed by atoms with van der Waals surface area (Å²) in [6, 6.07) is 11.1. The SMILES string of the molecule is CN(C)c1ccc2c(c1)CCN(c1cccc(-c3cn(C)c(=O)c(Nc4cnn(CC(F)F)c4)n3)c1CO)C2=O. The van der Waals surface area contributed by atoms with Gasteiger partial charge in [0, 0.05) is 62.5 Å². The number of hydrogen-bond donors (Lipinski definition) is 2. The Labute approximate surface area is 229 Å². The van der Waals surface area contributed by atoms with Crippen molar-refractivity contribution >= 4 is 28.8 Å². The van der Waals surface area contributed by atoms with E-state index in [1.165, 1.54) is 17.0 Å². The molecule has 10 nitrogen and oxygen atoms in total. The molecule has 0 atom stereocenters. The van der Waals surface area contributed by atoms with E-state index in [2.05, 4.69) is 15.4 Å². The zero-order chi connectivity index (χ0) is 28.6. The van der Waals surface area contributed by atoms with Crippen LogP contribution in [-0.2, 0) is 26.6 Å². The average molecular weight is 550 g/mol. The summed E-state index contributed by atoms with van der Waals surface area (Å²) >= 11 is 0. The van der Waals surface area contributed by atoms with Crippen molar-refractivity contribution in [3.63, 3.8) is 0 Å². The first-order chi connectivity index (χ1) is 19.2. The zero-order valence-electron chi connectivity index (χ0n) is 22.3. The van der Waals surface area contributed by atoms with Crippen molar-refractivity contribution in [3.8, 4) is 11.3 Å². The summed E-state index contributed by atoms with van der Waals surface area (Å²) in [4.78, 5) is 34.5. The van der Waals surface area contributed by atoms with Gasteiger partial charge in [-0.25, -0.2) is 13.8 Å². The van der Waals surface area contributed by atoms with Gasteiger partial charge in [-0.05, 0) is 36.2 Å². The summed E-state index contributed by atoms with van der Waals surface area (Å²) in [5, 5.41) is 17.2. The van der Waals surface area contributed by atoms with Crippen LogP contribution in [0.5, 0.6) is 0 Å². The van der Waals surface area contributed by atoms with Gasteiger partial charge < -0.3 is 24.8 Å². The zero-order valence-corrected chi connectivity index (χ0v) is 22.3. The maximum atomic E-state index is 13.5. The number of rotatable bonds is 8. The number of carbonyl (C=O) groups is 1. The number of benzene rings is 2. The Morgan fingerprint density at radius 1 is 1.12 bits per heavy atom. The molecular formula is C28H29F2N7O3. The molecule has 1 aliphatic rings. The van der Waals surface area contributed by atoms with Crippen LogP contribution in [0.4, 0.5) is 31.7 Å². The van der Waals surface area contributed by atoms with Gasteiger partial charge in [0.25, 0.3) is 17.9 Å². The molecule has 0 spiro atoms. The topological polar surface area (TPSA) is 109 Å². The second-order valence-electron chi connectivity index (χ2n) is 9.76. The van der Waals surface area contributed by atoms with Crippen LogP contribution in [-0.4, -0.2) is 57.4 Å². The van der Waals surface area contributed by atoms with Gasteiger partial charge in [-0.3, -0.25) is 14.3 Å². The summed E-state index contributed by atoms with van der Waals surface area (Å²) < 4.78 is 27.8. The van der Waals surface area contributed by atoms with E-state index < -0.39 is 18.5 Å². The number of nitrogens with zero attached hydrogens (tertiary/aromatic N) is 6. The van der Waals surface area contributed by atoms with Gasteiger partial charge in [-0.2, -0.15) is 5.10 Å². The third-order valence-corrected chi connectivity index (χ3v) is 6.85. The molecule has 208 valence electrons. The molecule has 12 heteroatoms. The van der Waals surface area contributed by atoms with Crippen LogP contribution < -0.4 is 20.7 Å². The fourth-order valence-electron chi connectivity index (χ4n) is 4.84. The summed E-state index contributed by atoms with van der Waals surface area (Å²) in [5.41, 5.74) is 4.48. The molecule has 0 radical (unpaired) electrons. The molecule has 2 aromatic heterocycles. The molecule has 1 amide bonds. The molecule has 4 aromatic rings. The first kappa shape index (κ1) is 27.0. The fraction of sp³-hybridized carbons (Fsp3) is 0.286. The first-order valence-corrected chi connectivity index (χ1v) is 12.7. The summed E-state index contributed by atoms with van der Waals surface area (Å²) in [6.45, 7) is -0.499. The number of carbonyl (C=O) groups excluding carboxylic acids is 1. The van der Waals surface area contributed by atoms with Crippen molar-refractivity contribution in [1.82, 2.24) is 19.3 Å². The first-order valence-electron chi connectivity index (χ1n) is 12.7. The van der Waals surface area contributed by atoms with E-state index in [9.17, 15) is 23.5 Å². The van der Waals surface area contributed by atoms with Crippen LogP contribution >= 0.6 is 0 Å². The molecule has 0 saturated heterocycles. The third kappa shape index (κ3) is 5.17. The van der Waals surface area contributed by atoms with Crippen LogP contribution in [0.2, 0.25) is 0 Å². The number of aliphatic hydroxyl groups excluding tert-OH is 1. The number of alkyl halides is 2. The minimum Gasteiger partial charge on any atom is -0.392 e. The number of nitrogens with one attached hydrogen (secondary N) is 1. The van der Waals surface area contributed by atoms with Crippen LogP contribution in [0.25, 0.3) is 11.3 Å². The van der Waals surface area contributed by atoms with Gasteiger partial charge in [0.05, 0.1) is 29.9 Å². The van der Waals surface area contributed by atoms with Crippen LogP contribution in [0.15, 0.2) is 59.8 Å². The highest BCUT2D eigenvalue weighted by atomic mass is 19.3. The van der Waals surface area contributed by atoms with E-state index in [-0.39, 0.29) is 18.3 Å². The van der Waals surface area contributed by atoms with Gasteiger partial charge in [-0.15, -0.1) is 0 Å². The van der Waals surface area contributed by atoms with Gasteiger partial charge in [0.15, 0.2) is 5.82 Å². The largest absolute Gasteiger partial charge is 0.392 e. The lowest BCUT2D eigenvalue weighted by Crippen LogP contribution is -2.38. The summed E-state index contributed by atoms with van der Waals surface area (Å²) in [6.07, 6.45) is 2.32. The molecule has 3 heterocycles. The van der Waals surface area contributed by atoms with Crippen molar-refractivity contribution in [2.75, 3.05) is 35.8 Å². The minimum atomic E-state index is -2.57. The van der Waals surface area contributed by atoms with E-state index in [1.807, 2.05) is 37.2 Å².